The van der Waals surface area contributed by atoms with Crippen molar-refractivity contribution in [3.8, 4) is 0 Å². The number of amides is 2. The van der Waals surface area contributed by atoms with Gasteiger partial charge in [-0.2, -0.15) is 0 Å². The molecule has 0 saturated carbocycles. The Morgan fingerprint density at radius 3 is 2.71 bits per heavy atom. The largest absolute Gasteiger partial charge is 0.370 e. The minimum atomic E-state index is -0.747. The predicted molar refractivity (Wildman–Crippen MR) is 132 cm³/mol. The zero-order valence-electron chi connectivity index (χ0n) is 18.8. The van der Waals surface area contributed by atoms with Crippen molar-refractivity contribution < 1.29 is 9.18 Å². The summed E-state index contributed by atoms with van der Waals surface area (Å²) in [5, 5.41) is 4.63. The van der Waals surface area contributed by atoms with Crippen LogP contribution in [-0.2, 0) is 0 Å². The molecule has 0 spiro atoms. The number of piperidine rings is 1. The van der Waals surface area contributed by atoms with E-state index in [9.17, 15) is 14.0 Å². The third kappa shape index (κ3) is 7.42. The van der Waals surface area contributed by atoms with Gasteiger partial charge in [-0.15, -0.1) is 0 Å². The number of hydrogen-bond acceptors (Lipinski definition) is 5. The van der Waals surface area contributed by atoms with E-state index >= 15 is 0 Å². The first-order chi connectivity index (χ1) is 16.3. The minimum Gasteiger partial charge on any atom is -0.370 e. The summed E-state index contributed by atoms with van der Waals surface area (Å²) in [5.74, 6) is -0.524. The molecule has 1 aromatic carbocycles. The van der Waals surface area contributed by atoms with Gasteiger partial charge >= 0.3 is 6.03 Å². The number of carbonyl (C=O) groups excluding carboxylic acids is 1. The molecule has 1 aliphatic rings. The Morgan fingerprint density at radius 1 is 1.24 bits per heavy atom. The number of likely N-dealkylation sites (tertiary alicyclic amines) is 1. The highest BCUT2D eigenvalue weighted by Gasteiger charge is 2.23. The Hall–Kier alpha value is -3.18. The third-order valence-electron chi connectivity index (χ3n) is 5.71. The van der Waals surface area contributed by atoms with Crippen molar-refractivity contribution in [2.24, 2.45) is 16.5 Å². The fraction of sp³-hybridized carbons (Fsp3) is 0.455. The SMILES string of the molecule is NC(N)=NCCCCCN1CCC(c2cnc(NC(=O)Nc3cccc(Cl)c3F)[nH]c2=O)CC1. The van der Waals surface area contributed by atoms with Gasteiger partial charge in [0.05, 0.1) is 10.7 Å². The summed E-state index contributed by atoms with van der Waals surface area (Å²) >= 11 is 5.71. The number of halogens is 2. The van der Waals surface area contributed by atoms with Crippen LogP contribution >= 0.6 is 11.6 Å². The van der Waals surface area contributed by atoms with Crippen LogP contribution in [0.2, 0.25) is 5.02 Å². The average Bonchev–Trinajstić information content (AvgIpc) is 2.80. The number of aromatic amines is 1. The zero-order valence-corrected chi connectivity index (χ0v) is 19.6. The number of H-pyrrole nitrogens is 1. The number of aromatic nitrogens is 2. The Kier molecular flexibility index (Phi) is 9.23. The molecule has 1 fully saturated rings. The molecule has 0 atom stereocenters. The summed E-state index contributed by atoms with van der Waals surface area (Å²) in [6.45, 7) is 3.48. The lowest BCUT2D eigenvalue weighted by Gasteiger charge is -2.31. The summed E-state index contributed by atoms with van der Waals surface area (Å²) < 4.78 is 13.9. The first-order valence-corrected chi connectivity index (χ1v) is 11.6. The average molecular weight is 493 g/mol. The highest BCUT2D eigenvalue weighted by atomic mass is 35.5. The van der Waals surface area contributed by atoms with Crippen molar-refractivity contribution in [2.75, 3.05) is 36.8 Å². The van der Waals surface area contributed by atoms with Gasteiger partial charge in [0.15, 0.2) is 11.8 Å². The summed E-state index contributed by atoms with van der Waals surface area (Å²) in [6, 6.07) is 3.51. The third-order valence-corrected chi connectivity index (χ3v) is 6.00. The topological polar surface area (TPSA) is 155 Å². The van der Waals surface area contributed by atoms with E-state index in [1.54, 1.807) is 0 Å². The molecule has 10 nitrogen and oxygen atoms in total. The lowest BCUT2D eigenvalue weighted by Crippen LogP contribution is -2.35. The number of hydrogen-bond donors (Lipinski definition) is 5. The molecule has 0 bridgehead atoms. The van der Waals surface area contributed by atoms with Gasteiger partial charge in [-0.1, -0.05) is 24.1 Å². The Bertz CT molecular complexity index is 1070. The van der Waals surface area contributed by atoms with E-state index in [2.05, 4.69) is 30.5 Å². The second-order valence-corrected chi connectivity index (χ2v) is 8.59. The van der Waals surface area contributed by atoms with Crippen molar-refractivity contribution in [3.63, 3.8) is 0 Å². The number of benzene rings is 1. The van der Waals surface area contributed by atoms with Crippen molar-refractivity contribution in [3.05, 3.63) is 51.2 Å². The maximum Gasteiger partial charge on any atom is 0.326 e. The van der Waals surface area contributed by atoms with Crippen LogP contribution in [-0.4, -0.2) is 53.0 Å². The van der Waals surface area contributed by atoms with Crippen LogP contribution in [0.25, 0.3) is 0 Å². The van der Waals surface area contributed by atoms with E-state index in [0.29, 0.717) is 12.1 Å². The maximum atomic E-state index is 13.9. The maximum absolute atomic E-state index is 13.9. The van der Waals surface area contributed by atoms with Crippen molar-refractivity contribution in [1.82, 2.24) is 14.9 Å². The van der Waals surface area contributed by atoms with E-state index < -0.39 is 11.8 Å². The number of nitrogens with two attached hydrogens (primary N) is 2. The number of unbranched alkanes of at least 4 members (excludes halogenated alkanes) is 2. The standard InChI is InChI=1S/C22H30ClFN8O2/c23-16-5-4-6-17(18(16)24)29-22(34)31-21-28-13-15(19(33)30-21)14-7-11-32(12-8-14)10-3-1-2-9-27-20(25)26/h4-6,13-14H,1-3,7-12H2,(H4,25,26,27)(H3,28,29,30,31,33,34). The van der Waals surface area contributed by atoms with Crippen molar-refractivity contribution in [1.29, 1.82) is 0 Å². The number of guanidine groups is 1. The fourth-order valence-corrected chi connectivity index (χ4v) is 4.09. The molecule has 184 valence electrons. The number of nitrogens with one attached hydrogen (secondary N) is 3. The van der Waals surface area contributed by atoms with Gasteiger partial charge in [-0.05, 0) is 63.4 Å². The van der Waals surface area contributed by atoms with Gasteiger partial charge in [-0.25, -0.2) is 14.2 Å². The quantitative estimate of drug-likeness (QED) is 0.206. The fourth-order valence-electron chi connectivity index (χ4n) is 3.92. The number of carbonyl (C=O) groups is 1. The number of anilines is 2. The summed E-state index contributed by atoms with van der Waals surface area (Å²) in [7, 11) is 0. The van der Waals surface area contributed by atoms with Gasteiger partial charge in [0.2, 0.25) is 5.95 Å². The Morgan fingerprint density at radius 2 is 2.00 bits per heavy atom. The molecule has 0 unspecified atom stereocenters. The molecular weight excluding hydrogens is 463 g/mol. The van der Waals surface area contributed by atoms with Gasteiger partial charge in [-0.3, -0.25) is 20.1 Å². The molecule has 1 aliphatic heterocycles. The van der Waals surface area contributed by atoms with Crippen LogP contribution in [0.5, 0.6) is 0 Å². The van der Waals surface area contributed by atoms with Gasteiger partial charge < -0.3 is 21.7 Å². The van der Waals surface area contributed by atoms with Gasteiger partial charge in [0.1, 0.15) is 0 Å². The lowest BCUT2D eigenvalue weighted by atomic mass is 9.91. The second kappa shape index (κ2) is 12.3. The van der Waals surface area contributed by atoms with Crippen LogP contribution < -0.4 is 27.7 Å². The monoisotopic (exact) mass is 492 g/mol. The molecule has 1 saturated heterocycles. The number of nitrogens with zero attached hydrogens (tertiary/aromatic N) is 3. The van der Waals surface area contributed by atoms with Crippen LogP contribution in [0.1, 0.15) is 43.6 Å². The van der Waals surface area contributed by atoms with E-state index in [0.717, 1.165) is 51.7 Å². The van der Waals surface area contributed by atoms with E-state index in [1.165, 1.54) is 24.4 Å². The number of aliphatic imine (C=N–C) groups is 1. The van der Waals surface area contributed by atoms with E-state index in [1.807, 2.05) is 0 Å². The molecule has 1 aromatic heterocycles. The first kappa shape index (κ1) is 25.4. The van der Waals surface area contributed by atoms with E-state index in [-0.39, 0.29) is 34.1 Å². The van der Waals surface area contributed by atoms with E-state index in [4.69, 9.17) is 23.1 Å². The number of rotatable bonds is 9. The van der Waals surface area contributed by atoms with Gasteiger partial charge in [0, 0.05) is 18.3 Å². The van der Waals surface area contributed by atoms with Crippen molar-refractivity contribution in [2.45, 2.75) is 38.0 Å². The molecule has 2 aromatic rings. The molecule has 34 heavy (non-hydrogen) atoms. The Balaban J connectivity index is 1.45. The minimum absolute atomic E-state index is 0.0214. The zero-order chi connectivity index (χ0) is 24.5. The van der Waals surface area contributed by atoms with Crippen LogP contribution in [0, 0.1) is 5.82 Å². The lowest BCUT2D eigenvalue weighted by molar-refractivity contribution is 0.208. The van der Waals surface area contributed by atoms with Crippen LogP contribution in [0.4, 0.5) is 20.8 Å². The molecule has 7 N–H and O–H groups in total. The molecule has 2 heterocycles. The molecule has 0 radical (unpaired) electrons. The predicted octanol–water partition coefficient (Wildman–Crippen LogP) is 2.83. The van der Waals surface area contributed by atoms with Gasteiger partial charge in [0.25, 0.3) is 5.56 Å². The molecule has 3 rings (SSSR count). The number of urea groups is 1. The summed E-state index contributed by atoms with van der Waals surface area (Å²) in [6.07, 6.45) is 6.32. The highest BCUT2D eigenvalue weighted by molar-refractivity contribution is 6.31. The normalized spacial score (nSPS) is 14.5. The summed E-state index contributed by atoms with van der Waals surface area (Å²) in [4.78, 5) is 37.9. The molecule has 2 amide bonds. The molecule has 0 aliphatic carbocycles. The van der Waals surface area contributed by atoms with Crippen LogP contribution in [0.3, 0.4) is 0 Å². The Labute approximate surface area is 202 Å². The highest BCUT2D eigenvalue weighted by Crippen LogP contribution is 2.26. The first-order valence-electron chi connectivity index (χ1n) is 11.2. The van der Waals surface area contributed by atoms with Crippen LogP contribution in [0.15, 0.2) is 34.2 Å². The second-order valence-electron chi connectivity index (χ2n) is 8.18. The molecule has 12 heteroatoms. The smallest absolute Gasteiger partial charge is 0.326 e. The van der Waals surface area contributed by atoms with Crippen molar-refractivity contribution >= 4 is 35.2 Å². The molecular formula is C22H30ClFN8O2. The summed E-state index contributed by atoms with van der Waals surface area (Å²) in [5.41, 5.74) is 10.9.